The Morgan fingerprint density at radius 3 is 2.73 bits per heavy atom. The molecule has 0 aliphatic carbocycles. The van der Waals surface area contributed by atoms with Crippen LogP contribution in [0.1, 0.15) is 20.8 Å². The molecule has 0 saturated carbocycles. The molecule has 0 fully saturated rings. The van der Waals surface area contributed by atoms with Gasteiger partial charge in [-0.3, -0.25) is 0 Å². The van der Waals surface area contributed by atoms with Crippen LogP contribution in [-0.4, -0.2) is 21.6 Å². The molecule has 1 aromatic rings. The molecule has 6 heteroatoms. The maximum absolute atomic E-state index is 11.4. The molecular formula is C9H12IN3O2. The second-order valence-electron chi connectivity index (χ2n) is 3.94. The van der Waals surface area contributed by atoms with Crippen LogP contribution in [0.15, 0.2) is 12.5 Å². The summed E-state index contributed by atoms with van der Waals surface area (Å²) in [6.45, 7) is 5.62. The number of amides is 1. The SMILES string of the molecule is CC(C)(C)NC(=O)Oc1ncncc1I. The van der Waals surface area contributed by atoms with E-state index in [0.29, 0.717) is 3.57 Å². The minimum atomic E-state index is -0.515. The Balaban J connectivity index is 2.64. The van der Waals surface area contributed by atoms with Crippen molar-refractivity contribution in [2.24, 2.45) is 0 Å². The lowest BCUT2D eigenvalue weighted by Gasteiger charge is -2.19. The third kappa shape index (κ3) is 4.41. The zero-order chi connectivity index (χ0) is 11.5. The quantitative estimate of drug-likeness (QED) is 0.803. The first-order valence-electron chi connectivity index (χ1n) is 4.34. The highest BCUT2D eigenvalue weighted by atomic mass is 127. The van der Waals surface area contributed by atoms with Crippen LogP contribution in [0.5, 0.6) is 5.88 Å². The van der Waals surface area contributed by atoms with Gasteiger partial charge in [-0.1, -0.05) is 0 Å². The second-order valence-corrected chi connectivity index (χ2v) is 5.10. The van der Waals surface area contributed by atoms with E-state index in [2.05, 4.69) is 15.3 Å². The first kappa shape index (κ1) is 12.2. The largest absolute Gasteiger partial charge is 0.414 e. The highest BCUT2D eigenvalue weighted by molar-refractivity contribution is 14.1. The maximum atomic E-state index is 11.4. The molecule has 0 aliphatic rings. The summed E-state index contributed by atoms with van der Waals surface area (Å²) in [6, 6.07) is 0. The highest BCUT2D eigenvalue weighted by Crippen LogP contribution is 2.15. The summed E-state index contributed by atoms with van der Waals surface area (Å²) in [5.74, 6) is 0.271. The Hall–Kier alpha value is -0.920. The summed E-state index contributed by atoms with van der Waals surface area (Å²) in [5.41, 5.74) is -0.324. The molecule has 15 heavy (non-hydrogen) atoms. The van der Waals surface area contributed by atoms with E-state index in [0.717, 1.165) is 0 Å². The standard InChI is InChI=1S/C9H12IN3O2/c1-9(2,3)13-8(14)15-7-6(10)4-11-5-12-7/h4-5H,1-3H3,(H,13,14). The predicted molar refractivity (Wildman–Crippen MR) is 63.7 cm³/mol. The number of ether oxygens (including phenoxy) is 1. The Morgan fingerprint density at radius 1 is 1.53 bits per heavy atom. The molecule has 82 valence electrons. The van der Waals surface area contributed by atoms with E-state index in [-0.39, 0.29) is 11.4 Å². The number of halogens is 1. The van der Waals surface area contributed by atoms with E-state index in [1.54, 1.807) is 6.20 Å². The molecule has 1 aromatic heterocycles. The first-order chi connectivity index (χ1) is 6.88. The van der Waals surface area contributed by atoms with Crippen molar-refractivity contribution in [3.8, 4) is 5.88 Å². The van der Waals surface area contributed by atoms with Crippen molar-refractivity contribution in [2.75, 3.05) is 0 Å². The Labute approximate surface area is 102 Å². The smallest absolute Gasteiger partial charge is 0.390 e. The van der Waals surface area contributed by atoms with Crippen LogP contribution in [-0.2, 0) is 0 Å². The molecule has 1 amide bonds. The van der Waals surface area contributed by atoms with Crippen LogP contribution < -0.4 is 10.1 Å². The van der Waals surface area contributed by atoms with Gasteiger partial charge in [0.2, 0.25) is 5.88 Å². The van der Waals surface area contributed by atoms with Gasteiger partial charge in [0.15, 0.2) is 0 Å². The van der Waals surface area contributed by atoms with Crippen molar-refractivity contribution >= 4 is 28.7 Å². The number of hydrogen-bond acceptors (Lipinski definition) is 4. The van der Waals surface area contributed by atoms with Gasteiger partial charge >= 0.3 is 6.09 Å². The van der Waals surface area contributed by atoms with Crippen LogP contribution in [0.25, 0.3) is 0 Å². The van der Waals surface area contributed by atoms with Gasteiger partial charge in [0.25, 0.3) is 0 Å². The Kier molecular flexibility index (Phi) is 3.83. The number of rotatable bonds is 1. The Bertz CT molecular complexity index is 363. The molecular weight excluding hydrogens is 309 g/mol. The molecule has 0 bridgehead atoms. The minimum absolute atomic E-state index is 0.271. The maximum Gasteiger partial charge on any atom is 0.414 e. The summed E-state index contributed by atoms with van der Waals surface area (Å²) in [6.07, 6.45) is 2.40. The van der Waals surface area contributed by atoms with Gasteiger partial charge in [-0.2, -0.15) is 0 Å². The van der Waals surface area contributed by atoms with E-state index >= 15 is 0 Å². The van der Waals surface area contributed by atoms with Crippen molar-refractivity contribution in [1.82, 2.24) is 15.3 Å². The third-order valence-electron chi connectivity index (χ3n) is 1.30. The fourth-order valence-electron chi connectivity index (χ4n) is 0.796. The van der Waals surface area contributed by atoms with E-state index in [9.17, 15) is 4.79 Å². The average Bonchev–Trinajstić information content (AvgIpc) is 2.05. The van der Waals surface area contributed by atoms with Crippen molar-refractivity contribution < 1.29 is 9.53 Å². The fourth-order valence-corrected chi connectivity index (χ4v) is 1.21. The molecule has 0 aromatic carbocycles. The third-order valence-corrected chi connectivity index (χ3v) is 2.04. The summed E-state index contributed by atoms with van der Waals surface area (Å²) >= 11 is 2.00. The van der Waals surface area contributed by atoms with Gasteiger partial charge in [0, 0.05) is 11.7 Å². The van der Waals surface area contributed by atoms with Crippen molar-refractivity contribution in [1.29, 1.82) is 0 Å². The molecule has 1 N–H and O–H groups in total. The fraction of sp³-hybridized carbons (Fsp3) is 0.444. The normalized spacial score (nSPS) is 10.9. The van der Waals surface area contributed by atoms with Crippen LogP contribution >= 0.6 is 22.6 Å². The summed E-state index contributed by atoms with van der Waals surface area (Å²) in [5, 5.41) is 2.67. The van der Waals surface area contributed by atoms with Gasteiger partial charge in [0.1, 0.15) is 6.33 Å². The molecule has 0 saturated heterocycles. The second kappa shape index (κ2) is 4.73. The number of carbonyl (C=O) groups is 1. The van der Waals surface area contributed by atoms with Crippen molar-refractivity contribution in [2.45, 2.75) is 26.3 Å². The van der Waals surface area contributed by atoms with Gasteiger partial charge in [0.05, 0.1) is 3.57 Å². The topological polar surface area (TPSA) is 64.1 Å². The van der Waals surface area contributed by atoms with Crippen LogP contribution in [0.3, 0.4) is 0 Å². The van der Waals surface area contributed by atoms with Gasteiger partial charge in [-0.25, -0.2) is 14.8 Å². The van der Waals surface area contributed by atoms with Gasteiger partial charge < -0.3 is 10.1 Å². The Morgan fingerprint density at radius 2 is 2.20 bits per heavy atom. The number of nitrogens with zero attached hydrogens (tertiary/aromatic N) is 2. The lowest BCUT2D eigenvalue weighted by atomic mass is 10.1. The lowest BCUT2D eigenvalue weighted by molar-refractivity contribution is 0.188. The molecule has 0 aliphatic heterocycles. The number of carbonyl (C=O) groups excluding carboxylic acids is 1. The van der Waals surface area contributed by atoms with E-state index < -0.39 is 6.09 Å². The lowest BCUT2D eigenvalue weighted by Crippen LogP contribution is -2.42. The number of aromatic nitrogens is 2. The van der Waals surface area contributed by atoms with Gasteiger partial charge in [-0.15, -0.1) is 0 Å². The average molecular weight is 321 g/mol. The van der Waals surface area contributed by atoms with Crippen LogP contribution in [0, 0.1) is 3.57 Å². The van der Waals surface area contributed by atoms with E-state index in [4.69, 9.17) is 4.74 Å². The monoisotopic (exact) mass is 321 g/mol. The van der Waals surface area contributed by atoms with Crippen LogP contribution in [0.4, 0.5) is 4.79 Å². The summed E-state index contributed by atoms with van der Waals surface area (Å²) < 4.78 is 5.71. The molecule has 0 atom stereocenters. The van der Waals surface area contributed by atoms with Crippen LogP contribution in [0.2, 0.25) is 0 Å². The van der Waals surface area contributed by atoms with E-state index in [1.807, 2.05) is 43.4 Å². The first-order valence-corrected chi connectivity index (χ1v) is 5.42. The number of nitrogens with one attached hydrogen (secondary N) is 1. The number of hydrogen-bond donors (Lipinski definition) is 1. The zero-order valence-corrected chi connectivity index (χ0v) is 10.9. The summed E-state index contributed by atoms with van der Waals surface area (Å²) in [7, 11) is 0. The predicted octanol–water partition coefficient (Wildman–Crippen LogP) is 1.97. The minimum Gasteiger partial charge on any atom is -0.390 e. The van der Waals surface area contributed by atoms with Crippen molar-refractivity contribution in [3.05, 3.63) is 16.1 Å². The van der Waals surface area contributed by atoms with Crippen molar-refractivity contribution in [3.63, 3.8) is 0 Å². The molecule has 5 nitrogen and oxygen atoms in total. The molecule has 0 radical (unpaired) electrons. The highest BCUT2D eigenvalue weighted by Gasteiger charge is 2.16. The van der Waals surface area contributed by atoms with Gasteiger partial charge in [-0.05, 0) is 43.4 Å². The molecule has 1 heterocycles. The molecule has 0 unspecified atom stereocenters. The van der Waals surface area contributed by atoms with E-state index in [1.165, 1.54) is 6.33 Å². The molecule has 1 rings (SSSR count). The summed E-state index contributed by atoms with van der Waals surface area (Å²) in [4.78, 5) is 19.0. The molecule has 0 spiro atoms. The zero-order valence-electron chi connectivity index (χ0n) is 8.74.